The van der Waals surface area contributed by atoms with Crippen LogP contribution in [0.5, 0.6) is 5.75 Å². The lowest BCUT2D eigenvalue weighted by Gasteiger charge is -2.09. The fourth-order valence-corrected chi connectivity index (χ4v) is 2.48. The molecular weight excluding hydrogens is 351 g/mol. The first kappa shape index (κ1) is 18.1. The fraction of sp³-hybridized carbons (Fsp3) is 0.176. The van der Waals surface area contributed by atoms with E-state index in [2.05, 4.69) is 10.6 Å². The number of hydrogen-bond acceptors (Lipinski definition) is 3. The monoisotopic (exact) mass is 366 g/mol. The average Bonchev–Trinajstić information content (AvgIpc) is 2.53. The zero-order valence-electron chi connectivity index (χ0n) is 12.9. The SMILES string of the molecule is CCCC(=O)Nc1ccc(C(=O)Nc2cc(Cl)c(O)c(Cl)c2)cc1. The van der Waals surface area contributed by atoms with Gasteiger partial charge in [-0.2, -0.15) is 0 Å². The van der Waals surface area contributed by atoms with Crippen LogP contribution in [0.3, 0.4) is 0 Å². The largest absolute Gasteiger partial charge is 0.505 e. The molecule has 2 aromatic rings. The molecule has 0 radical (unpaired) electrons. The normalized spacial score (nSPS) is 10.3. The molecule has 0 fully saturated rings. The molecule has 0 saturated heterocycles. The van der Waals surface area contributed by atoms with Crippen molar-refractivity contribution in [3.8, 4) is 5.75 Å². The van der Waals surface area contributed by atoms with E-state index in [1.807, 2.05) is 6.92 Å². The van der Waals surface area contributed by atoms with Crippen LogP contribution in [-0.2, 0) is 4.79 Å². The number of aromatic hydroxyl groups is 1. The van der Waals surface area contributed by atoms with E-state index in [-0.39, 0.29) is 27.6 Å². The number of phenols is 1. The average molecular weight is 367 g/mol. The van der Waals surface area contributed by atoms with Gasteiger partial charge in [-0.05, 0) is 42.8 Å². The summed E-state index contributed by atoms with van der Waals surface area (Å²) in [7, 11) is 0. The van der Waals surface area contributed by atoms with Crippen molar-refractivity contribution in [1.82, 2.24) is 0 Å². The van der Waals surface area contributed by atoms with Gasteiger partial charge in [-0.15, -0.1) is 0 Å². The summed E-state index contributed by atoms with van der Waals surface area (Å²) in [4.78, 5) is 23.7. The molecule has 126 valence electrons. The van der Waals surface area contributed by atoms with Crippen LogP contribution in [0.15, 0.2) is 36.4 Å². The Morgan fingerprint density at radius 2 is 1.58 bits per heavy atom. The third-order valence-corrected chi connectivity index (χ3v) is 3.76. The van der Waals surface area contributed by atoms with E-state index in [0.29, 0.717) is 23.4 Å². The van der Waals surface area contributed by atoms with Crippen molar-refractivity contribution in [2.45, 2.75) is 19.8 Å². The topological polar surface area (TPSA) is 78.4 Å². The third kappa shape index (κ3) is 4.63. The standard InChI is InChI=1S/C17H16Cl2N2O3/c1-2-3-15(22)20-11-6-4-10(5-7-11)17(24)21-12-8-13(18)16(23)14(19)9-12/h4-9,23H,2-3H2,1H3,(H,20,22)(H,21,24). The number of amides is 2. The van der Waals surface area contributed by atoms with Gasteiger partial charge in [0.2, 0.25) is 5.91 Å². The highest BCUT2D eigenvalue weighted by atomic mass is 35.5. The summed E-state index contributed by atoms with van der Waals surface area (Å²) in [6.07, 6.45) is 1.22. The van der Waals surface area contributed by atoms with Crippen LogP contribution in [0.1, 0.15) is 30.1 Å². The smallest absolute Gasteiger partial charge is 0.255 e. The molecule has 0 spiro atoms. The van der Waals surface area contributed by atoms with Gasteiger partial charge in [0, 0.05) is 23.4 Å². The van der Waals surface area contributed by atoms with E-state index in [1.54, 1.807) is 24.3 Å². The molecule has 5 nitrogen and oxygen atoms in total. The molecular formula is C17H16Cl2N2O3. The van der Waals surface area contributed by atoms with Crippen molar-refractivity contribution in [3.63, 3.8) is 0 Å². The van der Waals surface area contributed by atoms with Crippen LogP contribution in [-0.4, -0.2) is 16.9 Å². The van der Waals surface area contributed by atoms with E-state index in [0.717, 1.165) is 6.42 Å². The fourth-order valence-electron chi connectivity index (χ4n) is 2.00. The summed E-state index contributed by atoms with van der Waals surface area (Å²) in [5, 5.41) is 15.0. The van der Waals surface area contributed by atoms with Crippen LogP contribution < -0.4 is 10.6 Å². The molecule has 0 saturated carbocycles. The summed E-state index contributed by atoms with van der Waals surface area (Å²) >= 11 is 11.6. The summed E-state index contributed by atoms with van der Waals surface area (Å²) < 4.78 is 0. The minimum atomic E-state index is -0.362. The summed E-state index contributed by atoms with van der Waals surface area (Å²) in [5.41, 5.74) is 1.40. The molecule has 24 heavy (non-hydrogen) atoms. The van der Waals surface area contributed by atoms with E-state index in [4.69, 9.17) is 23.2 Å². The van der Waals surface area contributed by atoms with E-state index in [1.165, 1.54) is 12.1 Å². The van der Waals surface area contributed by atoms with Gasteiger partial charge in [-0.3, -0.25) is 9.59 Å². The van der Waals surface area contributed by atoms with Crippen LogP contribution in [0, 0.1) is 0 Å². The van der Waals surface area contributed by atoms with Crippen LogP contribution in [0.4, 0.5) is 11.4 Å². The highest BCUT2D eigenvalue weighted by Crippen LogP contribution is 2.34. The Hall–Kier alpha value is -2.24. The third-order valence-electron chi connectivity index (χ3n) is 3.18. The molecule has 0 heterocycles. The van der Waals surface area contributed by atoms with Gasteiger partial charge in [0.15, 0.2) is 5.75 Å². The molecule has 0 bridgehead atoms. The van der Waals surface area contributed by atoms with Crippen molar-refractivity contribution in [2.75, 3.05) is 10.6 Å². The minimum Gasteiger partial charge on any atom is -0.505 e. The molecule has 7 heteroatoms. The Morgan fingerprint density at radius 3 is 2.12 bits per heavy atom. The maximum atomic E-state index is 12.2. The Balaban J connectivity index is 2.06. The molecule has 2 rings (SSSR count). The highest BCUT2D eigenvalue weighted by molar-refractivity contribution is 6.37. The van der Waals surface area contributed by atoms with Gasteiger partial charge >= 0.3 is 0 Å². The van der Waals surface area contributed by atoms with E-state index >= 15 is 0 Å². The van der Waals surface area contributed by atoms with Gasteiger partial charge in [0.25, 0.3) is 5.91 Å². The van der Waals surface area contributed by atoms with Crippen molar-refractivity contribution in [3.05, 3.63) is 52.0 Å². The Bertz CT molecular complexity index is 738. The van der Waals surface area contributed by atoms with Crippen LogP contribution in [0.25, 0.3) is 0 Å². The number of carbonyl (C=O) groups excluding carboxylic acids is 2. The second-order valence-corrected chi connectivity index (χ2v) is 5.93. The molecule has 2 amide bonds. The molecule has 0 atom stereocenters. The first-order chi connectivity index (χ1) is 11.4. The number of hydrogen-bond donors (Lipinski definition) is 3. The predicted octanol–water partition coefficient (Wildman–Crippen LogP) is 4.69. The molecule has 3 N–H and O–H groups in total. The van der Waals surface area contributed by atoms with Crippen molar-refractivity contribution < 1.29 is 14.7 Å². The Labute approximate surface area is 149 Å². The number of anilines is 2. The second-order valence-electron chi connectivity index (χ2n) is 5.12. The number of benzene rings is 2. The zero-order chi connectivity index (χ0) is 17.7. The Morgan fingerprint density at radius 1 is 1.00 bits per heavy atom. The van der Waals surface area contributed by atoms with E-state index in [9.17, 15) is 14.7 Å². The maximum Gasteiger partial charge on any atom is 0.255 e. The molecule has 0 aromatic heterocycles. The lowest BCUT2D eigenvalue weighted by Crippen LogP contribution is -2.13. The lowest BCUT2D eigenvalue weighted by molar-refractivity contribution is -0.116. The predicted molar refractivity (Wildman–Crippen MR) is 96.1 cm³/mol. The van der Waals surface area contributed by atoms with Crippen molar-refractivity contribution in [2.24, 2.45) is 0 Å². The van der Waals surface area contributed by atoms with Gasteiger partial charge in [-0.1, -0.05) is 30.1 Å². The second kappa shape index (κ2) is 8.04. The molecule has 0 aliphatic heterocycles. The first-order valence-electron chi connectivity index (χ1n) is 7.30. The number of halogens is 2. The summed E-state index contributed by atoms with van der Waals surface area (Å²) in [6, 6.07) is 9.31. The zero-order valence-corrected chi connectivity index (χ0v) is 14.4. The molecule has 0 unspecified atom stereocenters. The van der Waals surface area contributed by atoms with Gasteiger partial charge in [0.1, 0.15) is 0 Å². The van der Waals surface area contributed by atoms with Gasteiger partial charge in [-0.25, -0.2) is 0 Å². The van der Waals surface area contributed by atoms with Crippen LogP contribution in [0.2, 0.25) is 10.0 Å². The number of rotatable bonds is 5. The lowest BCUT2D eigenvalue weighted by atomic mass is 10.2. The maximum absolute atomic E-state index is 12.2. The van der Waals surface area contributed by atoms with Gasteiger partial charge < -0.3 is 15.7 Å². The number of phenolic OH excluding ortho intramolecular Hbond substituents is 1. The van der Waals surface area contributed by atoms with E-state index < -0.39 is 0 Å². The van der Waals surface area contributed by atoms with Crippen LogP contribution >= 0.6 is 23.2 Å². The summed E-state index contributed by atoms with van der Waals surface area (Å²) in [5.74, 6) is -0.661. The van der Waals surface area contributed by atoms with Crippen molar-refractivity contribution in [1.29, 1.82) is 0 Å². The highest BCUT2D eigenvalue weighted by Gasteiger charge is 2.11. The quantitative estimate of drug-likeness (QED) is 0.671. The minimum absolute atomic E-state index is 0.0479. The number of carbonyl (C=O) groups is 2. The number of nitrogens with one attached hydrogen (secondary N) is 2. The summed E-state index contributed by atoms with van der Waals surface area (Å²) in [6.45, 7) is 1.93. The first-order valence-corrected chi connectivity index (χ1v) is 8.05. The van der Waals surface area contributed by atoms with Crippen molar-refractivity contribution >= 4 is 46.4 Å². The molecule has 0 aliphatic rings. The molecule has 2 aromatic carbocycles. The molecule has 0 aliphatic carbocycles. The Kier molecular flexibility index (Phi) is 6.06. The van der Waals surface area contributed by atoms with Gasteiger partial charge in [0.05, 0.1) is 10.0 Å².